The Balaban J connectivity index is 1.27. The molecule has 7 nitrogen and oxygen atoms in total. The highest BCUT2D eigenvalue weighted by atomic mass is 35.5. The highest BCUT2D eigenvalue weighted by Gasteiger charge is 2.27. The molecule has 5 rings (SSSR count). The summed E-state index contributed by atoms with van der Waals surface area (Å²) in [5.41, 5.74) is 3.29. The van der Waals surface area contributed by atoms with Crippen LogP contribution in [0.15, 0.2) is 61.1 Å². The van der Waals surface area contributed by atoms with Gasteiger partial charge < -0.3 is 14.6 Å². The lowest BCUT2D eigenvalue weighted by molar-refractivity contribution is 0.0935. The Morgan fingerprint density at radius 3 is 2.83 bits per heavy atom. The molecule has 0 radical (unpaired) electrons. The van der Waals surface area contributed by atoms with Crippen molar-refractivity contribution in [2.75, 3.05) is 18.0 Å². The predicted octanol–water partition coefficient (Wildman–Crippen LogP) is 3.49. The first-order valence-electron chi connectivity index (χ1n) is 9.88. The van der Waals surface area contributed by atoms with E-state index in [0.717, 1.165) is 42.2 Å². The summed E-state index contributed by atoms with van der Waals surface area (Å²) in [5.74, 6) is 0.795. The second-order valence-electron chi connectivity index (χ2n) is 7.53. The number of hydrogen-bond acceptors (Lipinski definition) is 4. The lowest BCUT2D eigenvalue weighted by atomic mass is 10.2. The van der Waals surface area contributed by atoms with Gasteiger partial charge in [0.05, 0.1) is 16.9 Å². The van der Waals surface area contributed by atoms with Crippen molar-refractivity contribution < 1.29 is 4.79 Å². The number of anilines is 1. The zero-order chi connectivity index (χ0) is 20.7. The molecule has 1 aliphatic rings. The second kappa shape index (κ2) is 7.50. The molecule has 3 aromatic heterocycles. The molecule has 1 aromatic carbocycles. The van der Waals surface area contributed by atoms with Crippen LogP contribution in [0.4, 0.5) is 5.82 Å². The van der Waals surface area contributed by atoms with E-state index in [0.29, 0.717) is 10.7 Å². The minimum atomic E-state index is -0.167. The van der Waals surface area contributed by atoms with Gasteiger partial charge >= 0.3 is 0 Å². The van der Waals surface area contributed by atoms with E-state index in [4.69, 9.17) is 16.6 Å². The van der Waals surface area contributed by atoms with Crippen molar-refractivity contribution in [3.8, 4) is 5.69 Å². The number of carbonyl (C=O) groups excluding carboxylic acids is 1. The minimum Gasteiger partial charge on any atom is -0.353 e. The van der Waals surface area contributed by atoms with Gasteiger partial charge in [-0.05, 0) is 55.8 Å². The maximum absolute atomic E-state index is 12.7. The van der Waals surface area contributed by atoms with Crippen LogP contribution in [0, 0.1) is 6.92 Å². The average Bonchev–Trinajstić information content (AvgIpc) is 3.48. The lowest BCUT2D eigenvalue weighted by Crippen LogP contribution is -2.37. The fourth-order valence-corrected chi connectivity index (χ4v) is 4.02. The number of rotatable bonds is 4. The summed E-state index contributed by atoms with van der Waals surface area (Å²) in [4.78, 5) is 19.7. The zero-order valence-electron chi connectivity index (χ0n) is 16.5. The van der Waals surface area contributed by atoms with Gasteiger partial charge in [-0.25, -0.2) is 9.67 Å². The summed E-state index contributed by atoms with van der Waals surface area (Å²) >= 11 is 5.94. The number of nitrogens with one attached hydrogen (secondary N) is 1. The Morgan fingerprint density at radius 2 is 2.00 bits per heavy atom. The number of benzene rings is 1. The van der Waals surface area contributed by atoms with Crippen molar-refractivity contribution in [1.82, 2.24) is 24.5 Å². The largest absolute Gasteiger partial charge is 0.353 e. The Hall–Kier alpha value is -3.32. The van der Waals surface area contributed by atoms with E-state index in [1.807, 2.05) is 37.5 Å². The summed E-state index contributed by atoms with van der Waals surface area (Å²) in [6.45, 7) is 3.57. The summed E-state index contributed by atoms with van der Waals surface area (Å²) in [5, 5.41) is 8.18. The van der Waals surface area contributed by atoms with Crippen molar-refractivity contribution in [3.63, 3.8) is 0 Å². The van der Waals surface area contributed by atoms with Crippen LogP contribution in [0.2, 0.25) is 5.02 Å². The fourth-order valence-electron chi connectivity index (χ4n) is 3.90. The number of amides is 1. The topological polar surface area (TPSA) is 67.5 Å². The van der Waals surface area contributed by atoms with Crippen molar-refractivity contribution in [3.05, 3.63) is 77.5 Å². The summed E-state index contributed by atoms with van der Waals surface area (Å²) in [6, 6.07) is 13.2. The summed E-state index contributed by atoms with van der Waals surface area (Å²) in [6.07, 6.45) is 6.69. The standard InChI is InChI=1S/C22H21ClN6O/c1-15-13-27-10-2-3-20(27)21(24-15)28-11-8-17(14-28)25-22(30)19-9-12-29(26-19)18-6-4-16(23)5-7-18/h2-7,9-10,12-13,17H,8,11,14H2,1H3,(H,25,30). The molecule has 1 amide bonds. The fraction of sp³-hybridized carbons (Fsp3) is 0.227. The zero-order valence-corrected chi connectivity index (χ0v) is 17.3. The third-order valence-electron chi connectivity index (χ3n) is 5.35. The van der Waals surface area contributed by atoms with Gasteiger partial charge in [0.1, 0.15) is 0 Å². The molecule has 0 saturated carbocycles. The van der Waals surface area contributed by atoms with Gasteiger partial charge in [-0.3, -0.25) is 4.79 Å². The number of fused-ring (bicyclic) bond motifs is 1. The molecule has 8 heteroatoms. The SMILES string of the molecule is Cc1cn2cccc2c(N2CCC(NC(=O)c3ccn(-c4ccc(Cl)cc4)n3)C2)n1. The average molecular weight is 421 g/mol. The van der Waals surface area contributed by atoms with E-state index in [9.17, 15) is 4.79 Å². The van der Waals surface area contributed by atoms with E-state index in [-0.39, 0.29) is 11.9 Å². The van der Waals surface area contributed by atoms with Crippen LogP contribution in [0.25, 0.3) is 11.2 Å². The first-order valence-corrected chi connectivity index (χ1v) is 10.3. The van der Waals surface area contributed by atoms with Crippen molar-refractivity contribution in [2.45, 2.75) is 19.4 Å². The quantitative estimate of drug-likeness (QED) is 0.548. The molecule has 4 heterocycles. The highest BCUT2D eigenvalue weighted by molar-refractivity contribution is 6.30. The highest BCUT2D eigenvalue weighted by Crippen LogP contribution is 2.24. The monoisotopic (exact) mass is 420 g/mol. The molecule has 4 aromatic rings. The molecule has 0 aliphatic carbocycles. The van der Waals surface area contributed by atoms with Crippen LogP contribution in [0.3, 0.4) is 0 Å². The number of aromatic nitrogens is 4. The normalized spacial score (nSPS) is 16.3. The Morgan fingerprint density at radius 1 is 1.17 bits per heavy atom. The number of hydrogen-bond donors (Lipinski definition) is 1. The Bertz CT molecular complexity index is 1210. The molecular formula is C22H21ClN6O. The molecule has 0 spiro atoms. The van der Waals surface area contributed by atoms with Crippen molar-refractivity contribution >= 4 is 28.8 Å². The molecule has 1 N–H and O–H groups in total. The predicted molar refractivity (Wildman–Crippen MR) is 117 cm³/mol. The smallest absolute Gasteiger partial charge is 0.272 e. The Labute approximate surface area is 178 Å². The number of nitrogens with zero attached hydrogens (tertiary/aromatic N) is 5. The molecule has 1 fully saturated rings. The molecule has 152 valence electrons. The van der Waals surface area contributed by atoms with Gasteiger partial charge in [0.2, 0.25) is 0 Å². The van der Waals surface area contributed by atoms with Gasteiger partial charge in [-0.2, -0.15) is 5.10 Å². The maximum Gasteiger partial charge on any atom is 0.272 e. The van der Waals surface area contributed by atoms with Gasteiger partial charge in [0, 0.05) is 42.7 Å². The van der Waals surface area contributed by atoms with Crippen molar-refractivity contribution in [1.29, 1.82) is 0 Å². The van der Waals surface area contributed by atoms with Crippen LogP contribution in [-0.2, 0) is 0 Å². The van der Waals surface area contributed by atoms with Crippen molar-refractivity contribution in [2.24, 2.45) is 0 Å². The number of halogens is 1. The van der Waals surface area contributed by atoms with Crippen LogP contribution >= 0.6 is 11.6 Å². The van der Waals surface area contributed by atoms with Crippen LogP contribution in [-0.4, -0.2) is 44.2 Å². The lowest BCUT2D eigenvalue weighted by Gasteiger charge is -2.19. The van der Waals surface area contributed by atoms with Gasteiger partial charge in [-0.15, -0.1) is 0 Å². The molecule has 30 heavy (non-hydrogen) atoms. The number of carbonyl (C=O) groups is 1. The Kier molecular flexibility index (Phi) is 4.67. The number of aryl methyl sites for hydroxylation is 1. The van der Waals surface area contributed by atoms with Gasteiger partial charge in [0.25, 0.3) is 5.91 Å². The summed E-state index contributed by atoms with van der Waals surface area (Å²) < 4.78 is 3.76. The second-order valence-corrected chi connectivity index (χ2v) is 7.97. The molecule has 1 atom stereocenters. The van der Waals surface area contributed by atoms with Gasteiger partial charge in [0.15, 0.2) is 11.5 Å². The van der Waals surface area contributed by atoms with Crippen LogP contribution in [0.5, 0.6) is 0 Å². The molecular weight excluding hydrogens is 400 g/mol. The first kappa shape index (κ1) is 18.7. The van der Waals surface area contributed by atoms with Crippen LogP contribution < -0.4 is 10.2 Å². The summed E-state index contributed by atoms with van der Waals surface area (Å²) in [7, 11) is 0. The molecule has 0 bridgehead atoms. The van der Waals surface area contributed by atoms with Gasteiger partial charge in [-0.1, -0.05) is 11.6 Å². The maximum atomic E-state index is 12.7. The third-order valence-corrected chi connectivity index (χ3v) is 5.60. The molecule has 1 unspecified atom stereocenters. The van der Waals surface area contributed by atoms with Crippen LogP contribution in [0.1, 0.15) is 22.6 Å². The van der Waals surface area contributed by atoms with E-state index < -0.39 is 0 Å². The van der Waals surface area contributed by atoms with E-state index in [2.05, 4.69) is 25.8 Å². The molecule has 1 saturated heterocycles. The third kappa shape index (κ3) is 3.52. The van der Waals surface area contributed by atoms with E-state index in [1.165, 1.54) is 0 Å². The van der Waals surface area contributed by atoms with E-state index >= 15 is 0 Å². The minimum absolute atomic E-state index is 0.0514. The molecule has 1 aliphatic heterocycles. The first-order chi connectivity index (χ1) is 14.6. The van der Waals surface area contributed by atoms with E-state index in [1.54, 1.807) is 29.1 Å².